The molecule has 2 N–H and O–H groups in total. The molecule has 0 radical (unpaired) electrons. The zero-order valence-corrected chi connectivity index (χ0v) is 9.25. The summed E-state index contributed by atoms with van der Waals surface area (Å²) in [5.41, 5.74) is 6.01. The average molecular weight is 196 g/mol. The average Bonchev–Trinajstić information content (AvgIpc) is 2.44. The van der Waals surface area contributed by atoms with E-state index in [-0.39, 0.29) is 0 Å². The van der Waals surface area contributed by atoms with E-state index < -0.39 is 0 Å². The number of hydrogen-bond donors (Lipinski definition) is 1. The predicted molar refractivity (Wildman–Crippen MR) is 60.3 cm³/mol. The topological polar surface area (TPSA) is 29.3 Å². The molecule has 0 spiro atoms. The first-order valence-electron chi connectivity index (χ1n) is 6.36. The van der Waals surface area contributed by atoms with E-state index in [4.69, 9.17) is 5.73 Å². The second-order valence-electron chi connectivity index (χ2n) is 5.02. The van der Waals surface area contributed by atoms with Crippen LogP contribution < -0.4 is 5.73 Å². The van der Waals surface area contributed by atoms with E-state index >= 15 is 0 Å². The zero-order valence-electron chi connectivity index (χ0n) is 9.25. The van der Waals surface area contributed by atoms with Crippen LogP contribution in [0.2, 0.25) is 0 Å². The van der Waals surface area contributed by atoms with Gasteiger partial charge in [-0.25, -0.2) is 0 Å². The minimum absolute atomic E-state index is 0.491. The van der Waals surface area contributed by atoms with Crippen molar-refractivity contribution in [3.8, 4) is 0 Å². The molecule has 1 aliphatic carbocycles. The third kappa shape index (κ3) is 2.71. The van der Waals surface area contributed by atoms with Crippen LogP contribution in [0.25, 0.3) is 0 Å². The van der Waals surface area contributed by atoms with E-state index in [1.54, 1.807) is 0 Å². The van der Waals surface area contributed by atoms with E-state index in [9.17, 15) is 0 Å². The largest absolute Gasteiger partial charge is 0.328 e. The monoisotopic (exact) mass is 196 g/mol. The SMILES string of the molecule is NC1CCCC(N2CCCCC2)CC1. The fourth-order valence-electron chi connectivity index (χ4n) is 2.96. The molecule has 2 aliphatic rings. The number of nitrogens with zero attached hydrogens (tertiary/aromatic N) is 1. The van der Waals surface area contributed by atoms with Crippen molar-refractivity contribution >= 4 is 0 Å². The van der Waals surface area contributed by atoms with Crippen molar-refractivity contribution in [1.29, 1.82) is 0 Å². The van der Waals surface area contributed by atoms with Gasteiger partial charge in [-0.05, 0) is 51.6 Å². The van der Waals surface area contributed by atoms with Crippen LogP contribution in [0.5, 0.6) is 0 Å². The van der Waals surface area contributed by atoms with E-state index in [0.29, 0.717) is 6.04 Å². The normalized spacial score (nSPS) is 36.6. The Kier molecular flexibility index (Phi) is 3.82. The van der Waals surface area contributed by atoms with Crippen molar-refractivity contribution in [3.05, 3.63) is 0 Å². The lowest BCUT2D eigenvalue weighted by molar-refractivity contribution is 0.149. The number of nitrogens with two attached hydrogens (primary N) is 1. The summed E-state index contributed by atoms with van der Waals surface area (Å²) in [5.74, 6) is 0. The zero-order chi connectivity index (χ0) is 9.80. The van der Waals surface area contributed by atoms with Crippen molar-refractivity contribution in [2.45, 2.75) is 63.5 Å². The standard InChI is InChI=1S/C12H24N2/c13-11-5-4-6-12(8-7-11)14-9-2-1-3-10-14/h11-12H,1-10,13H2. The molecule has 0 aromatic heterocycles. The van der Waals surface area contributed by atoms with Gasteiger partial charge in [-0.1, -0.05) is 12.8 Å². The molecule has 2 atom stereocenters. The van der Waals surface area contributed by atoms with Gasteiger partial charge in [0.05, 0.1) is 0 Å². The van der Waals surface area contributed by atoms with Crippen LogP contribution in [-0.4, -0.2) is 30.1 Å². The lowest BCUT2D eigenvalue weighted by Crippen LogP contribution is -2.39. The molecule has 0 aromatic carbocycles. The van der Waals surface area contributed by atoms with Gasteiger partial charge in [0, 0.05) is 12.1 Å². The van der Waals surface area contributed by atoms with Gasteiger partial charge in [-0.2, -0.15) is 0 Å². The maximum atomic E-state index is 6.01. The Balaban J connectivity index is 1.83. The highest BCUT2D eigenvalue weighted by atomic mass is 15.2. The second-order valence-corrected chi connectivity index (χ2v) is 5.02. The highest BCUT2D eigenvalue weighted by Crippen LogP contribution is 2.24. The maximum Gasteiger partial charge on any atom is 0.00958 e. The van der Waals surface area contributed by atoms with Crippen LogP contribution in [0.15, 0.2) is 0 Å². The number of piperidine rings is 1. The Hall–Kier alpha value is -0.0800. The molecular formula is C12H24N2. The van der Waals surface area contributed by atoms with E-state index in [2.05, 4.69) is 4.90 Å². The van der Waals surface area contributed by atoms with Gasteiger partial charge in [-0.3, -0.25) is 0 Å². The van der Waals surface area contributed by atoms with Gasteiger partial charge >= 0.3 is 0 Å². The Labute approximate surface area is 87.8 Å². The van der Waals surface area contributed by atoms with Crippen molar-refractivity contribution in [2.24, 2.45) is 5.73 Å². The van der Waals surface area contributed by atoms with Gasteiger partial charge in [0.25, 0.3) is 0 Å². The number of hydrogen-bond acceptors (Lipinski definition) is 2. The second kappa shape index (κ2) is 5.13. The summed E-state index contributed by atoms with van der Waals surface area (Å²) in [4.78, 5) is 2.72. The quantitative estimate of drug-likeness (QED) is 0.651. The van der Waals surface area contributed by atoms with Crippen LogP contribution >= 0.6 is 0 Å². The highest BCUT2D eigenvalue weighted by molar-refractivity contribution is 4.80. The Bertz CT molecular complexity index is 164. The first-order valence-corrected chi connectivity index (χ1v) is 6.36. The maximum absolute atomic E-state index is 6.01. The Morgan fingerprint density at radius 3 is 2.36 bits per heavy atom. The molecule has 2 fully saturated rings. The predicted octanol–water partition coefficient (Wildman–Crippen LogP) is 2.13. The van der Waals surface area contributed by atoms with Gasteiger partial charge in [-0.15, -0.1) is 0 Å². The van der Waals surface area contributed by atoms with Gasteiger partial charge in [0.2, 0.25) is 0 Å². The molecule has 1 heterocycles. The Morgan fingerprint density at radius 2 is 1.57 bits per heavy atom. The Morgan fingerprint density at radius 1 is 0.786 bits per heavy atom. The van der Waals surface area contributed by atoms with Crippen LogP contribution in [0.3, 0.4) is 0 Å². The molecule has 2 unspecified atom stereocenters. The molecular weight excluding hydrogens is 172 g/mol. The van der Waals surface area contributed by atoms with Gasteiger partial charge < -0.3 is 10.6 Å². The third-order valence-electron chi connectivity index (χ3n) is 3.89. The van der Waals surface area contributed by atoms with Crippen molar-refractivity contribution in [1.82, 2.24) is 4.90 Å². The van der Waals surface area contributed by atoms with E-state index in [1.165, 1.54) is 64.5 Å². The highest BCUT2D eigenvalue weighted by Gasteiger charge is 2.23. The molecule has 0 bridgehead atoms. The number of likely N-dealkylation sites (tertiary alicyclic amines) is 1. The summed E-state index contributed by atoms with van der Waals surface area (Å²) in [7, 11) is 0. The minimum atomic E-state index is 0.491. The summed E-state index contributed by atoms with van der Waals surface area (Å²) in [6, 6.07) is 1.36. The summed E-state index contributed by atoms with van der Waals surface area (Å²) in [6.45, 7) is 2.69. The molecule has 2 heteroatoms. The third-order valence-corrected chi connectivity index (χ3v) is 3.89. The lowest BCUT2D eigenvalue weighted by atomic mass is 10.0. The fourth-order valence-corrected chi connectivity index (χ4v) is 2.96. The van der Waals surface area contributed by atoms with Crippen LogP contribution in [0.4, 0.5) is 0 Å². The number of rotatable bonds is 1. The fraction of sp³-hybridized carbons (Fsp3) is 1.00. The molecule has 2 rings (SSSR count). The first kappa shape index (κ1) is 10.4. The smallest absolute Gasteiger partial charge is 0.00958 e. The minimum Gasteiger partial charge on any atom is -0.328 e. The lowest BCUT2D eigenvalue weighted by Gasteiger charge is -2.34. The van der Waals surface area contributed by atoms with Crippen molar-refractivity contribution in [2.75, 3.05) is 13.1 Å². The van der Waals surface area contributed by atoms with Gasteiger partial charge in [0.1, 0.15) is 0 Å². The molecule has 0 amide bonds. The van der Waals surface area contributed by atoms with Crippen LogP contribution in [0, 0.1) is 0 Å². The molecule has 2 nitrogen and oxygen atoms in total. The van der Waals surface area contributed by atoms with Crippen LogP contribution in [0.1, 0.15) is 51.4 Å². The summed E-state index contributed by atoms with van der Waals surface area (Å²) >= 11 is 0. The first-order chi connectivity index (χ1) is 6.86. The molecule has 82 valence electrons. The van der Waals surface area contributed by atoms with Crippen molar-refractivity contribution < 1.29 is 0 Å². The summed E-state index contributed by atoms with van der Waals surface area (Å²) in [5, 5.41) is 0. The summed E-state index contributed by atoms with van der Waals surface area (Å²) < 4.78 is 0. The van der Waals surface area contributed by atoms with E-state index in [1.807, 2.05) is 0 Å². The molecule has 1 saturated heterocycles. The molecule has 0 aromatic rings. The van der Waals surface area contributed by atoms with E-state index in [0.717, 1.165) is 6.04 Å². The van der Waals surface area contributed by atoms with Crippen molar-refractivity contribution in [3.63, 3.8) is 0 Å². The van der Waals surface area contributed by atoms with Gasteiger partial charge in [0.15, 0.2) is 0 Å². The molecule has 1 aliphatic heterocycles. The summed E-state index contributed by atoms with van der Waals surface area (Å²) in [6.07, 6.45) is 10.9. The van der Waals surface area contributed by atoms with Crippen LogP contribution in [-0.2, 0) is 0 Å². The molecule has 1 saturated carbocycles. The molecule has 14 heavy (non-hydrogen) atoms.